The van der Waals surface area contributed by atoms with Gasteiger partial charge in [-0.1, -0.05) is 47.5 Å². The number of anilines is 1. The predicted molar refractivity (Wildman–Crippen MR) is 130 cm³/mol. The number of methoxy groups -OCH3 is 1. The zero-order valence-corrected chi connectivity index (χ0v) is 19.4. The van der Waals surface area contributed by atoms with E-state index in [2.05, 4.69) is 15.8 Å². The minimum Gasteiger partial charge on any atom is -0.493 e. The van der Waals surface area contributed by atoms with Crippen LogP contribution in [0.3, 0.4) is 0 Å². The molecule has 2 N–H and O–H groups in total. The number of hydrogen-bond donors (Lipinski definition) is 2. The van der Waals surface area contributed by atoms with E-state index in [0.29, 0.717) is 27.6 Å². The third-order valence-electron chi connectivity index (χ3n) is 4.47. The van der Waals surface area contributed by atoms with Crippen molar-refractivity contribution in [3.63, 3.8) is 0 Å². The molecule has 0 saturated heterocycles. The molecule has 0 aliphatic heterocycles. The summed E-state index contributed by atoms with van der Waals surface area (Å²) in [4.78, 5) is 24.3. The molecule has 3 aromatic carbocycles. The van der Waals surface area contributed by atoms with Crippen LogP contribution in [0.1, 0.15) is 21.5 Å². The zero-order valence-electron chi connectivity index (χ0n) is 17.9. The summed E-state index contributed by atoms with van der Waals surface area (Å²) in [5.74, 6) is -0.209. The molecular formula is C24H21Cl2N3O4. The Hall–Kier alpha value is -3.55. The second kappa shape index (κ2) is 11.4. The lowest BCUT2D eigenvalue weighted by molar-refractivity contribution is -0.118. The highest BCUT2D eigenvalue weighted by Crippen LogP contribution is 2.36. The van der Waals surface area contributed by atoms with Crippen LogP contribution in [-0.2, 0) is 4.79 Å². The van der Waals surface area contributed by atoms with Crippen molar-refractivity contribution in [2.45, 2.75) is 6.92 Å². The molecule has 0 atom stereocenters. The molecule has 0 aromatic heterocycles. The summed E-state index contributed by atoms with van der Waals surface area (Å²) in [6.45, 7) is 1.58. The first-order chi connectivity index (χ1) is 15.9. The quantitative estimate of drug-likeness (QED) is 0.343. The molecule has 3 aromatic rings. The highest BCUT2D eigenvalue weighted by Gasteiger charge is 2.14. The number of rotatable bonds is 8. The molecule has 0 aliphatic rings. The van der Waals surface area contributed by atoms with Crippen molar-refractivity contribution >= 4 is 46.9 Å². The highest BCUT2D eigenvalue weighted by atomic mass is 35.5. The molecule has 0 spiro atoms. The van der Waals surface area contributed by atoms with E-state index in [1.54, 1.807) is 54.6 Å². The van der Waals surface area contributed by atoms with Crippen LogP contribution in [0.2, 0.25) is 10.0 Å². The molecular weight excluding hydrogens is 465 g/mol. The summed E-state index contributed by atoms with van der Waals surface area (Å²) < 4.78 is 10.9. The van der Waals surface area contributed by atoms with Crippen LogP contribution in [0.4, 0.5) is 5.69 Å². The SMILES string of the molecule is COc1cc(/C=N/NC(=O)c2ccccc2)cc(Cl)c1OCC(=O)Nc1ccc(C)c(Cl)c1. The highest BCUT2D eigenvalue weighted by molar-refractivity contribution is 6.32. The van der Waals surface area contributed by atoms with E-state index in [9.17, 15) is 9.59 Å². The molecule has 0 heterocycles. The fourth-order valence-corrected chi connectivity index (χ4v) is 3.23. The Labute approximate surface area is 201 Å². The smallest absolute Gasteiger partial charge is 0.271 e. The van der Waals surface area contributed by atoms with Gasteiger partial charge < -0.3 is 14.8 Å². The number of halogens is 2. The largest absolute Gasteiger partial charge is 0.493 e. The van der Waals surface area contributed by atoms with Gasteiger partial charge in [0.15, 0.2) is 18.1 Å². The third-order valence-corrected chi connectivity index (χ3v) is 5.16. The maximum absolute atomic E-state index is 12.3. The normalized spacial score (nSPS) is 10.7. The van der Waals surface area contributed by atoms with E-state index in [1.807, 2.05) is 13.0 Å². The average molecular weight is 486 g/mol. The van der Waals surface area contributed by atoms with Gasteiger partial charge in [0, 0.05) is 16.3 Å². The summed E-state index contributed by atoms with van der Waals surface area (Å²) in [7, 11) is 1.45. The van der Waals surface area contributed by atoms with Gasteiger partial charge in [0.2, 0.25) is 0 Å². The number of aryl methyl sites for hydroxylation is 1. The Morgan fingerprint density at radius 1 is 1.03 bits per heavy atom. The van der Waals surface area contributed by atoms with Gasteiger partial charge in [-0.2, -0.15) is 5.10 Å². The monoisotopic (exact) mass is 485 g/mol. The molecule has 33 heavy (non-hydrogen) atoms. The van der Waals surface area contributed by atoms with Gasteiger partial charge >= 0.3 is 0 Å². The zero-order chi connectivity index (χ0) is 23.8. The van der Waals surface area contributed by atoms with Crippen LogP contribution in [0.15, 0.2) is 65.8 Å². The van der Waals surface area contributed by atoms with Gasteiger partial charge in [0.25, 0.3) is 11.8 Å². The number of benzene rings is 3. The molecule has 0 fully saturated rings. The summed E-state index contributed by atoms with van der Waals surface area (Å²) >= 11 is 12.4. The van der Waals surface area contributed by atoms with Crippen molar-refractivity contribution in [3.8, 4) is 11.5 Å². The van der Waals surface area contributed by atoms with Crippen LogP contribution in [0.5, 0.6) is 11.5 Å². The second-order valence-electron chi connectivity index (χ2n) is 6.90. The maximum atomic E-state index is 12.3. The minimum atomic E-state index is -0.387. The molecule has 0 unspecified atom stereocenters. The first kappa shape index (κ1) is 24.1. The minimum absolute atomic E-state index is 0.210. The van der Waals surface area contributed by atoms with E-state index in [1.165, 1.54) is 13.3 Å². The van der Waals surface area contributed by atoms with Gasteiger partial charge in [-0.05, 0) is 54.4 Å². The summed E-state index contributed by atoms with van der Waals surface area (Å²) in [6.07, 6.45) is 1.42. The molecule has 0 bridgehead atoms. The van der Waals surface area contributed by atoms with Gasteiger partial charge in [-0.25, -0.2) is 5.43 Å². The Morgan fingerprint density at radius 3 is 2.48 bits per heavy atom. The number of hydrogen-bond acceptors (Lipinski definition) is 5. The van der Waals surface area contributed by atoms with Crippen LogP contribution in [-0.4, -0.2) is 31.7 Å². The molecule has 0 saturated carbocycles. The lowest BCUT2D eigenvalue weighted by Crippen LogP contribution is -2.20. The molecule has 0 aliphatic carbocycles. The van der Waals surface area contributed by atoms with E-state index >= 15 is 0 Å². The van der Waals surface area contributed by atoms with Crippen LogP contribution in [0, 0.1) is 6.92 Å². The number of nitrogens with one attached hydrogen (secondary N) is 2. The second-order valence-corrected chi connectivity index (χ2v) is 7.71. The van der Waals surface area contributed by atoms with Crippen molar-refractivity contribution in [1.82, 2.24) is 5.43 Å². The number of carbonyl (C=O) groups is 2. The topological polar surface area (TPSA) is 89.0 Å². The predicted octanol–water partition coefficient (Wildman–Crippen LogP) is 5.09. The lowest BCUT2D eigenvalue weighted by Gasteiger charge is -2.13. The number of ether oxygens (including phenoxy) is 2. The van der Waals surface area contributed by atoms with Gasteiger partial charge in [-0.3, -0.25) is 9.59 Å². The van der Waals surface area contributed by atoms with E-state index in [-0.39, 0.29) is 29.2 Å². The molecule has 9 heteroatoms. The standard InChI is InChI=1S/C24H21Cl2N3O4/c1-15-8-9-18(12-19(15)25)28-22(30)14-33-23-20(26)10-16(11-21(23)32-2)13-27-29-24(31)17-6-4-3-5-7-17/h3-13H,14H2,1-2H3,(H,28,30)(H,29,31)/b27-13+. The van der Waals surface area contributed by atoms with Crippen molar-refractivity contribution in [3.05, 3.63) is 87.4 Å². The molecule has 2 amide bonds. The maximum Gasteiger partial charge on any atom is 0.271 e. The first-order valence-electron chi connectivity index (χ1n) is 9.82. The third kappa shape index (κ3) is 6.71. The number of carbonyl (C=O) groups excluding carboxylic acids is 2. The number of nitrogens with zero attached hydrogens (tertiary/aromatic N) is 1. The van der Waals surface area contributed by atoms with E-state index < -0.39 is 0 Å². The average Bonchev–Trinajstić information content (AvgIpc) is 2.81. The fraction of sp³-hybridized carbons (Fsp3) is 0.125. The van der Waals surface area contributed by atoms with E-state index in [0.717, 1.165) is 5.56 Å². The van der Waals surface area contributed by atoms with Crippen LogP contribution < -0.4 is 20.2 Å². The fourth-order valence-electron chi connectivity index (χ4n) is 2.78. The molecule has 3 rings (SSSR count). The van der Waals surface area contributed by atoms with E-state index in [4.69, 9.17) is 32.7 Å². The molecule has 170 valence electrons. The molecule has 0 radical (unpaired) electrons. The Morgan fingerprint density at radius 2 is 1.79 bits per heavy atom. The summed E-state index contributed by atoms with van der Waals surface area (Å²) in [5.41, 5.74) is 4.96. The van der Waals surface area contributed by atoms with Crippen LogP contribution in [0.25, 0.3) is 0 Å². The number of hydrazone groups is 1. The van der Waals surface area contributed by atoms with Crippen molar-refractivity contribution in [2.24, 2.45) is 5.10 Å². The summed E-state index contributed by atoms with van der Waals surface area (Å²) in [6, 6.07) is 17.1. The Bertz CT molecular complexity index is 1180. The summed E-state index contributed by atoms with van der Waals surface area (Å²) in [5, 5.41) is 7.42. The number of amides is 2. The van der Waals surface area contributed by atoms with Gasteiger partial charge in [0.05, 0.1) is 18.3 Å². The molecule has 7 nitrogen and oxygen atoms in total. The van der Waals surface area contributed by atoms with Crippen molar-refractivity contribution < 1.29 is 19.1 Å². The van der Waals surface area contributed by atoms with Gasteiger partial charge in [-0.15, -0.1) is 0 Å². The Kier molecular flexibility index (Phi) is 8.29. The van der Waals surface area contributed by atoms with Gasteiger partial charge in [0.1, 0.15) is 0 Å². The van der Waals surface area contributed by atoms with Crippen molar-refractivity contribution in [2.75, 3.05) is 19.0 Å². The van der Waals surface area contributed by atoms with Crippen molar-refractivity contribution in [1.29, 1.82) is 0 Å². The van der Waals surface area contributed by atoms with Crippen LogP contribution >= 0.6 is 23.2 Å². The first-order valence-corrected chi connectivity index (χ1v) is 10.6. The Balaban J connectivity index is 1.63. The lowest BCUT2D eigenvalue weighted by atomic mass is 10.2.